The van der Waals surface area contributed by atoms with Gasteiger partial charge in [0, 0.05) is 31.8 Å². The highest BCUT2D eigenvalue weighted by atomic mass is 16.5. The molecule has 20 heavy (non-hydrogen) atoms. The first-order valence-corrected chi connectivity index (χ1v) is 7.41. The van der Waals surface area contributed by atoms with Crippen molar-refractivity contribution in [2.75, 3.05) is 32.1 Å². The van der Waals surface area contributed by atoms with E-state index >= 15 is 0 Å². The molecule has 1 amide bonds. The number of nitrogens with zero attached hydrogens (tertiary/aromatic N) is 1. The molecule has 0 spiro atoms. The van der Waals surface area contributed by atoms with Crippen LogP contribution in [-0.2, 0) is 16.0 Å². The van der Waals surface area contributed by atoms with Crippen LogP contribution in [-0.4, -0.2) is 43.7 Å². The Hall–Kier alpha value is -1.55. The molecular weight excluding hydrogens is 252 g/mol. The summed E-state index contributed by atoms with van der Waals surface area (Å²) >= 11 is 0. The van der Waals surface area contributed by atoms with E-state index in [1.165, 1.54) is 5.56 Å². The summed E-state index contributed by atoms with van der Waals surface area (Å²) in [5, 5.41) is 3.38. The second-order valence-corrected chi connectivity index (χ2v) is 5.84. The SMILES string of the molecule is CN(CC1CCOC1)C(=O)C1CCc2ccccc2N1. The van der Waals surface area contributed by atoms with Gasteiger partial charge in [0.2, 0.25) is 5.91 Å². The molecule has 0 bridgehead atoms. The molecule has 0 aliphatic carbocycles. The maximum atomic E-state index is 12.5. The van der Waals surface area contributed by atoms with E-state index in [-0.39, 0.29) is 11.9 Å². The van der Waals surface area contributed by atoms with E-state index in [0.717, 1.165) is 44.7 Å². The first-order valence-electron chi connectivity index (χ1n) is 7.41. The summed E-state index contributed by atoms with van der Waals surface area (Å²) in [6.07, 6.45) is 2.92. The minimum Gasteiger partial charge on any atom is -0.381 e. The third kappa shape index (κ3) is 2.80. The van der Waals surface area contributed by atoms with Crippen LogP contribution in [0.15, 0.2) is 24.3 Å². The molecule has 2 aliphatic heterocycles. The van der Waals surface area contributed by atoms with Crippen LogP contribution in [0.3, 0.4) is 0 Å². The van der Waals surface area contributed by atoms with Crippen LogP contribution < -0.4 is 5.32 Å². The number of amides is 1. The molecule has 1 aromatic carbocycles. The van der Waals surface area contributed by atoms with Gasteiger partial charge >= 0.3 is 0 Å². The quantitative estimate of drug-likeness (QED) is 0.915. The third-order valence-corrected chi connectivity index (χ3v) is 4.28. The van der Waals surface area contributed by atoms with Crippen molar-refractivity contribution in [1.82, 2.24) is 4.90 Å². The average molecular weight is 274 g/mol. The molecule has 4 nitrogen and oxygen atoms in total. The lowest BCUT2D eigenvalue weighted by Crippen LogP contribution is -2.44. The minimum atomic E-state index is -0.0859. The predicted molar refractivity (Wildman–Crippen MR) is 78.7 cm³/mol. The zero-order chi connectivity index (χ0) is 13.9. The van der Waals surface area contributed by atoms with Crippen molar-refractivity contribution in [3.8, 4) is 0 Å². The number of hydrogen-bond donors (Lipinski definition) is 1. The highest BCUT2D eigenvalue weighted by Crippen LogP contribution is 2.25. The first-order chi connectivity index (χ1) is 9.74. The fourth-order valence-corrected chi connectivity index (χ4v) is 3.09. The largest absolute Gasteiger partial charge is 0.381 e. The fourth-order valence-electron chi connectivity index (χ4n) is 3.09. The van der Waals surface area contributed by atoms with Gasteiger partial charge in [-0.1, -0.05) is 18.2 Å². The summed E-state index contributed by atoms with van der Waals surface area (Å²) < 4.78 is 5.38. The van der Waals surface area contributed by atoms with Gasteiger partial charge in [0.15, 0.2) is 0 Å². The van der Waals surface area contributed by atoms with Gasteiger partial charge in [-0.05, 0) is 30.9 Å². The molecule has 2 aliphatic rings. The Kier molecular flexibility index (Phi) is 3.92. The van der Waals surface area contributed by atoms with E-state index < -0.39 is 0 Å². The van der Waals surface area contributed by atoms with Gasteiger partial charge in [0.1, 0.15) is 6.04 Å². The topological polar surface area (TPSA) is 41.6 Å². The van der Waals surface area contributed by atoms with Gasteiger partial charge in [0.05, 0.1) is 6.61 Å². The zero-order valence-electron chi connectivity index (χ0n) is 12.0. The molecule has 0 radical (unpaired) electrons. The number of carbonyl (C=O) groups excluding carboxylic acids is 1. The summed E-state index contributed by atoms with van der Waals surface area (Å²) in [6.45, 7) is 2.43. The second-order valence-electron chi connectivity index (χ2n) is 5.84. The van der Waals surface area contributed by atoms with Gasteiger partial charge in [-0.2, -0.15) is 0 Å². The number of ether oxygens (including phenoxy) is 1. The lowest BCUT2D eigenvalue weighted by Gasteiger charge is -2.30. The molecule has 3 rings (SSSR count). The number of fused-ring (bicyclic) bond motifs is 1. The van der Waals surface area contributed by atoms with Crippen molar-refractivity contribution in [3.05, 3.63) is 29.8 Å². The molecule has 0 aromatic heterocycles. The number of benzene rings is 1. The Morgan fingerprint density at radius 2 is 2.25 bits per heavy atom. The monoisotopic (exact) mass is 274 g/mol. The van der Waals surface area contributed by atoms with Crippen molar-refractivity contribution >= 4 is 11.6 Å². The van der Waals surface area contributed by atoms with Gasteiger partial charge in [-0.3, -0.25) is 4.79 Å². The van der Waals surface area contributed by atoms with E-state index in [0.29, 0.717) is 5.92 Å². The zero-order valence-corrected chi connectivity index (χ0v) is 12.0. The molecule has 2 atom stereocenters. The maximum Gasteiger partial charge on any atom is 0.244 e. The lowest BCUT2D eigenvalue weighted by atomic mass is 9.97. The van der Waals surface area contributed by atoms with Crippen LogP contribution in [0.4, 0.5) is 5.69 Å². The van der Waals surface area contributed by atoms with Crippen molar-refractivity contribution in [1.29, 1.82) is 0 Å². The smallest absolute Gasteiger partial charge is 0.244 e. The highest BCUT2D eigenvalue weighted by Gasteiger charge is 2.28. The summed E-state index contributed by atoms with van der Waals surface area (Å²) in [4.78, 5) is 14.4. The van der Waals surface area contributed by atoms with Crippen molar-refractivity contribution in [2.24, 2.45) is 5.92 Å². The van der Waals surface area contributed by atoms with Crippen LogP contribution in [0.25, 0.3) is 0 Å². The number of likely N-dealkylation sites (N-methyl/N-ethyl adjacent to an activating group) is 1. The normalized spacial score (nSPS) is 24.9. The van der Waals surface area contributed by atoms with Gasteiger partial charge < -0.3 is 15.0 Å². The van der Waals surface area contributed by atoms with E-state index in [2.05, 4.69) is 23.5 Å². The number of hydrogen-bond acceptors (Lipinski definition) is 3. The Morgan fingerprint density at radius 1 is 1.40 bits per heavy atom. The molecule has 1 saturated heterocycles. The molecule has 1 N–H and O–H groups in total. The summed E-state index contributed by atoms with van der Waals surface area (Å²) in [5.41, 5.74) is 2.41. The molecular formula is C16H22N2O2. The fraction of sp³-hybridized carbons (Fsp3) is 0.562. The summed E-state index contributed by atoms with van der Waals surface area (Å²) in [7, 11) is 1.91. The number of nitrogens with one attached hydrogen (secondary N) is 1. The number of rotatable bonds is 3. The van der Waals surface area contributed by atoms with Gasteiger partial charge in [-0.15, -0.1) is 0 Å². The first kappa shape index (κ1) is 13.4. The molecule has 0 saturated carbocycles. The lowest BCUT2D eigenvalue weighted by molar-refractivity contribution is -0.131. The molecule has 1 fully saturated rings. The number of aryl methyl sites for hydroxylation is 1. The molecule has 2 heterocycles. The van der Waals surface area contributed by atoms with Crippen molar-refractivity contribution < 1.29 is 9.53 Å². The standard InChI is InChI=1S/C16H22N2O2/c1-18(10-12-8-9-20-11-12)16(19)15-7-6-13-4-2-3-5-14(13)17-15/h2-5,12,15,17H,6-11H2,1H3. The third-order valence-electron chi connectivity index (χ3n) is 4.28. The Bertz CT molecular complexity index is 483. The van der Waals surface area contributed by atoms with Gasteiger partial charge in [-0.25, -0.2) is 0 Å². The van der Waals surface area contributed by atoms with Crippen LogP contribution in [0, 0.1) is 5.92 Å². The predicted octanol–water partition coefficient (Wildman–Crippen LogP) is 1.91. The van der Waals surface area contributed by atoms with Crippen LogP contribution in [0.2, 0.25) is 0 Å². The van der Waals surface area contributed by atoms with E-state index in [9.17, 15) is 4.79 Å². The van der Waals surface area contributed by atoms with Crippen LogP contribution in [0.5, 0.6) is 0 Å². The van der Waals surface area contributed by atoms with Crippen LogP contribution >= 0.6 is 0 Å². The summed E-state index contributed by atoms with van der Waals surface area (Å²) in [6, 6.07) is 8.16. The summed E-state index contributed by atoms with van der Waals surface area (Å²) in [5.74, 6) is 0.700. The average Bonchev–Trinajstić information content (AvgIpc) is 2.99. The second kappa shape index (κ2) is 5.83. The van der Waals surface area contributed by atoms with E-state index in [1.54, 1.807) is 0 Å². The molecule has 108 valence electrons. The number of anilines is 1. The minimum absolute atomic E-state index is 0.0859. The number of carbonyl (C=O) groups is 1. The highest BCUT2D eigenvalue weighted by molar-refractivity contribution is 5.85. The van der Waals surface area contributed by atoms with Gasteiger partial charge in [0.25, 0.3) is 0 Å². The van der Waals surface area contributed by atoms with E-state index in [1.807, 2.05) is 18.0 Å². The van der Waals surface area contributed by atoms with Crippen LogP contribution in [0.1, 0.15) is 18.4 Å². The Morgan fingerprint density at radius 3 is 3.05 bits per heavy atom. The number of para-hydroxylation sites is 1. The van der Waals surface area contributed by atoms with Crippen molar-refractivity contribution in [3.63, 3.8) is 0 Å². The maximum absolute atomic E-state index is 12.5. The molecule has 2 unspecified atom stereocenters. The van der Waals surface area contributed by atoms with E-state index in [4.69, 9.17) is 4.74 Å². The van der Waals surface area contributed by atoms with Crippen molar-refractivity contribution in [2.45, 2.75) is 25.3 Å². The Balaban J connectivity index is 1.60. The molecule has 1 aromatic rings. The molecule has 4 heteroatoms. The Labute approximate surface area is 120 Å².